The van der Waals surface area contributed by atoms with E-state index >= 15 is 0 Å². The van der Waals surface area contributed by atoms with E-state index in [0.717, 1.165) is 14.9 Å². The molecule has 8 heteroatoms. The molecule has 3 aromatic rings. The van der Waals surface area contributed by atoms with Crippen LogP contribution in [0.1, 0.15) is 37.3 Å². The second-order valence-corrected chi connectivity index (χ2v) is 10.0. The van der Waals surface area contributed by atoms with Crippen molar-refractivity contribution in [3.8, 4) is 0 Å². The molecule has 0 spiro atoms. The van der Waals surface area contributed by atoms with Crippen molar-refractivity contribution in [1.82, 2.24) is 4.57 Å². The van der Waals surface area contributed by atoms with Gasteiger partial charge in [0.15, 0.2) is 4.80 Å². The number of esters is 1. The Balaban J connectivity index is 1.91. The summed E-state index contributed by atoms with van der Waals surface area (Å²) < 4.78 is 8.64. The maximum absolute atomic E-state index is 13.4. The summed E-state index contributed by atoms with van der Waals surface area (Å²) in [6.45, 7) is 5.41. The van der Waals surface area contributed by atoms with Crippen LogP contribution in [-0.2, 0) is 9.53 Å². The highest BCUT2D eigenvalue weighted by atomic mass is 79.9. The number of thiazole rings is 1. The first-order valence-corrected chi connectivity index (χ1v) is 11.9. The number of ether oxygens (including phenoxy) is 1. The summed E-state index contributed by atoms with van der Waals surface area (Å²) >= 11 is 6.26. The Morgan fingerprint density at radius 2 is 2.00 bits per heavy atom. The average molecular weight is 503 g/mol. The Kier molecular flexibility index (Phi) is 5.90. The van der Waals surface area contributed by atoms with Gasteiger partial charge in [-0.05, 0) is 56.0 Å². The van der Waals surface area contributed by atoms with Crippen LogP contribution in [0.3, 0.4) is 0 Å². The van der Waals surface area contributed by atoms with Gasteiger partial charge in [0.05, 0.1) is 21.9 Å². The fourth-order valence-electron chi connectivity index (χ4n) is 3.29. The van der Waals surface area contributed by atoms with Gasteiger partial charge in [-0.3, -0.25) is 9.36 Å². The summed E-state index contributed by atoms with van der Waals surface area (Å²) in [5.41, 5.74) is 1.75. The van der Waals surface area contributed by atoms with Gasteiger partial charge in [0.25, 0.3) is 5.56 Å². The van der Waals surface area contributed by atoms with Crippen LogP contribution < -0.4 is 14.9 Å². The summed E-state index contributed by atoms with van der Waals surface area (Å²) in [5, 5.41) is 1.94. The Morgan fingerprint density at radius 1 is 1.27 bits per heavy atom. The second-order valence-electron chi connectivity index (χ2n) is 7.10. The van der Waals surface area contributed by atoms with Gasteiger partial charge in [0.1, 0.15) is 6.04 Å². The molecule has 5 nitrogen and oxygen atoms in total. The minimum Gasteiger partial charge on any atom is -0.459 e. The van der Waals surface area contributed by atoms with Gasteiger partial charge in [0.2, 0.25) is 0 Å². The van der Waals surface area contributed by atoms with Gasteiger partial charge >= 0.3 is 5.97 Å². The number of thiophene rings is 1. The van der Waals surface area contributed by atoms with E-state index in [2.05, 4.69) is 20.9 Å². The molecule has 0 fully saturated rings. The monoisotopic (exact) mass is 502 g/mol. The van der Waals surface area contributed by atoms with Gasteiger partial charge in [0, 0.05) is 9.35 Å². The molecule has 0 radical (unpaired) electrons. The number of hydrogen-bond acceptors (Lipinski definition) is 6. The number of carbonyl (C=O) groups is 1. The first-order chi connectivity index (χ1) is 14.3. The zero-order valence-corrected chi connectivity index (χ0v) is 19.8. The van der Waals surface area contributed by atoms with Gasteiger partial charge in [-0.25, -0.2) is 9.79 Å². The van der Waals surface area contributed by atoms with E-state index in [9.17, 15) is 9.59 Å². The zero-order valence-electron chi connectivity index (χ0n) is 16.6. The SMILES string of the molecule is CC1=C(C(=O)OC(C)C)[C@@H](c2cccs2)n2c(s/c(=C/c3ccc(Br)cc3)c2=O)=N1. The quantitative estimate of drug-likeness (QED) is 0.506. The predicted octanol–water partition coefficient (Wildman–Crippen LogP) is 4.01. The van der Waals surface area contributed by atoms with E-state index in [-0.39, 0.29) is 11.7 Å². The van der Waals surface area contributed by atoms with Gasteiger partial charge in [-0.1, -0.05) is 45.5 Å². The molecule has 0 aliphatic carbocycles. The first kappa shape index (κ1) is 21.0. The molecule has 30 heavy (non-hydrogen) atoms. The Morgan fingerprint density at radius 3 is 2.63 bits per heavy atom. The minimum atomic E-state index is -0.542. The van der Waals surface area contributed by atoms with E-state index in [0.29, 0.717) is 20.6 Å². The van der Waals surface area contributed by atoms with Gasteiger partial charge in [-0.15, -0.1) is 11.3 Å². The van der Waals surface area contributed by atoms with Crippen LogP contribution >= 0.6 is 38.6 Å². The molecule has 1 aliphatic heterocycles. The number of halogens is 1. The maximum Gasteiger partial charge on any atom is 0.338 e. The lowest BCUT2D eigenvalue weighted by Crippen LogP contribution is -2.39. The molecule has 4 rings (SSSR count). The van der Waals surface area contributed by atoms with Crippen LogP contribution in [0.5, 0.6) is 0 Å². The lowest BCUT2D eigenvalue weighted by atomic mass is 10.0. The number of benzene rings is 1. The summed E-state index contributed by atoms with van der Waals surface area (Å²) in [6.07, 6.45) is 1.59. The first-order valence-electron chi connectivity index (χ1n) is 9.37. The highest BCUT2D eigenvalue weighted by Gasteiger charge is 2.34. The number of hydrogen-bond donors (Lipinski definition) is 0. The average Bonchev–Trinajstić information content (AvgIpc) is 3.31. The number of allylic oxidation sites excluding steroid dienone is 1. The minimum absolute atomic E-state index is 0.164. The summed E-state index contributed by atoms with van der Waals surface area (Å²) in [4.78, 5) is 32.4. The largest absolute Gasteiger partial charge is 0.459 e. The number of fused-ring (bicyclic) bond motifs is 1. The zero-order chi connectivity index (χ0) is 21.4. The predicted molar refractivity (Wildman–Crippen MR) is 123 cm³/mol. The Hall–Kier alpha value is -2.29. The van der Waals surface area contributed by atoms with Crippen molar-refractivity contribution >= 4 is 50.6 Å². The van der Waals surface area contributed by atoms with Gasteiger partial charge < -0.3 is 4.74 Å². The summed E-state index contributed by atoms with van der Waals surface area (Å²) in [5.74, 6) is -0.438. The third kappa shape index (κ3) is 3.99. The van der Waals surface area contributed by atoms with Crippen molar-refractivity contribution in [3.05, 3.63) is 87.6 Å². The van der Waals surface area contributed by atoms with E-state index in [1.807, 2.05) is 47.9 Å². The molecule has 0 saturated heterocycles. The maximum atomic E-state index is 13.4. The number of nitrogens with zero attached hydrogens (tertiary/aromatic N) is 2. The van der Waals surface area contributed by atoms with E-state index in [1.165, 1.54) is 22.7 Å². The molecule has 0 bridgehead atoms. The number of rotatable bonds is 4. The van der Waals surface area contributed by atoms with Gasteiger partial charge in [-0.2, -0.15) is 0 Å². The molecule has 1 aliphatic rings. The molecular formula is C22H19BrN2O3S2. The molecule has 1 atom stereocenters. The summed E-state index contributed by atoms with van der Waals surface area (Å²) in [7, 11) is 0. The van der Waals surface area contributed by atoms with Crippen molar-refractivity contribution < 1.29 is 9.53 Å². The van der Waals surface area contributed by atoms with Crippen LogP contribution in [0.4, 0.5) is 0 Å². The van der Waals surface area contributed by atoms with Crippen LogP contribution in [0.2, 0.25) is 0 Å². The molecule has 0 amide bonds. The highest BCUT2D eigenvalue weighted by molar-refractivity contribution is 9.10. The van der Waals surface area contributed by atoms with E-state index < -0.39 is 12.0 Å². The standard InChI is InChI=1S/C22H19BrN2O3S2/c1-12(2)28-21(27)18-13(3)24-22-25(19(18)16-5-4-10-29-16)20(26)17(30-22)11-14-6-8-15(23)9-7-14/h4-12,19H,1-3H3/b17-11+/t19-/m1/s1. The molecule has 2 aromatic heterocycles. The Bertz CT molecular complexity index is 1300. The fourth-order valence-corrected chi connectivity index (χ4v) is 5.42. The molecule has 0 unspecified atom stereocenters. The topological polar surface area (TPSA) is 60.7 Å². The van der Waals surface area contributed by atoms with Crippen LogP contribution in [0.25, 0.3) is 6.08 Å². The van der Waals surface area contributed by atoms with E-state index in [1.54, 1.807) is 25.3 Å². The van der Waals surface area contributed by atoms with Crippen molar-refractivity contribution in [2.75, 3.05) is 0 Å². The van der Waals surface area contributed by atoms with E-state index in [4.69, 9.17) is 4.74 Å². The van der Waals surface area contributed by atoms with Crippen molar-refractivity contribution in [1.29, 1.82) is 0 Å². The fraction of sp³-hybridized carbons (Fsp3) is 0.227. The summed E-state index contributed by atoms with van der Waals surface area (Å²) in [6, 6.07) is 11.1. The molecule has 1 aromatic carbocycles. The van der Waals surface area contributed by atoms with Crippen molar-refractivity contribution in [2.24, 2.45) is 4.99 Å². The molecule has 154 valence electrons. The lowest BCUT2D eigenvalue weighted by Gasteiger charge is -2.24. The molecule has 0 N–H and O–H groups in total. The second kappa shape index (κ2) is 8.45. The molecule has 3 heterocycles. The van der Waals surface area contributed by atoms with Crippen molar-refractivity contribution in [3.63, 3.8) is 0 Å². The highest BCUT2D eigenvalue weighted by Crippen LogP contribution is 2.33. The normalized spacial score (nSPS) is 16.6. The number of aromatic nitrogens is 1. The lowest BCUT2D eigenvalue weighted by molar-refractivity contribution is -0.143. The smallest absolute Gasteiger partial charge is 0.338 e. The van der Waals surface area contributed by atoms with Crippen LogP contribution in [0, 0.1) is 0 Å². The molecule has 0 saturated carbocycles. The van der Waals surface area contributed by atoms with Crippen LogP contribution in [-0.4, -0.2) is 16.6 Å². The number of carbonyl (C=O) groups excluding carboxylic acids is 1. The van der Waals surface area contributed by atoms with Crippen molar-refractivity contribution in [2.45, 2.75) is 32.9 Å². The molecular weight excluding hydrogens is 484 g/mol. The third-order valence-electron chi connectivity index (χ3n) is 4.56. The third-order valence-corrected chi connectivity index (χ3v) is 7.00. The van der Waals surface area contributed by atoms with Crippen LogP contribution in [0.15, 0.2) is 67.3 Å². The Labute approximate surface area is 189 Å².